The summed E-state index contributed by atoms with van der Waals surface area (Å²) in [6, 6.07) is 2.97. The van der Waals surface area contributed by atoms with Crippen molar-refractivity contribution in [1.29, 1.82) is 0 Å². The van der Waals surface area contributed by atoms with Crippen LogP contribution in [-0.4, -0.2) is 41.8 Å². The van der Waals surface area contributed by atoms with Gasteiger partial charge in [0.25, 0.3) is 0 Å². The minimum Gasteiger partial charge on any atom is -0.480 e. The van der Waals surface area contributed by atoms with E-state index in [0.29, 0.717) is 17.8 Å². The second-order valence-corrected chi connectivity index (χ2v) is 4.77. The van der Waals surface area contributed by atoms with Crippen molar-refractivity contribution in [3.8, 4) is 0 Å². The van der Waals surface area contributed by atoms with Gasteiger partial charge in [0.15, 0.2) is 4.67 Å². The monoisotopic (exact) mass is 303 g/mol. The fraction of sp³-hybridized carbons (Fsp3) is 0.545. The number of morpholine rings is 1. The molecule has 1 aliphatic heterocycles. The summed E-state index contributed by atoms with van der Waals surface area (Å²) in [5.74, 6) is -0.104. The lowest BCUT2D eigenvalue weighted by Gasteiger charge is -2.36. The van der Waals surface area contributed by atoms with Crippen molar-refractivity contribution in [2.45, 2.75) is 19.0 Å². The summed E-state index contributed by atoms with van der Waals surface area (Å²) in [6.07, 6.45) is 0. The fourth-order valence-electron chi connectivity index (χ4n) is 2.01. The molecule has 2 rings (SSSR count). The number of carbonyl (C=O) groups is 1. The van der Waals surface area contributed by atoms with Crippen molar-refractivity contribution < 1.29 is 19.1 Å². The summed E-state index contributed by atoms with van der Waals surface area (Å²) in [5.41, 5.74) is 0. The van der Waals surface area contributed by atoms with Crippen molar-refractivity contribution in [2.75, 3.05) is 19.8 Å². The highest BCUT2D eigenvalue weighted by Gasteiger charge is 2.34. The maximum absolute atomic E-state index is 11.1. The summed E-state index contributed by atoms with van der Waals surface area (Å²) >= 11 is 3.24. The van der Waals surface area contributed by atoms with Gasteiger partial charge in [-0.15, -0.1) is 0 Å². The third-order valence-corrected chi connectivity index (χ3v) is 3.38. The Hall–Kier alpha value is -0.850. The molecular formula is C11H14BrNO4. The van der Waals surface area contributed by atoms with Gasteiger partial charge in [-0.05, 0) is 35.0 Å². The van der Waals surface area contributed by atoms with Crippen LogP contribution < -0.4 is 0 Å². The average Bonchev–Trinajstić information content (AvgIpc) is 2.75. The quantitative estimate of drug-likeness (QED) is 0.924. The number of hydrogen-bond donors (Lipinski definition) is 1. The number of hydrogen-bond acceptors (Lipinski definition) is 4. The van der Waals surface area contributed by atoms with E-state index in [-0.39, 0.29) is 12.6 Å². The summed E-state index contributed by atoms with van der Waals surface area (Å²) in [4.78, 5) is 13.0. The number of aliphatic carboxylic acids is 1. The Labute approximate surface area is 107 Å². The molecule has 17 heavy (non-hydrogen) atoms. The zero-order chi connectivity index (χ0) is 12.4. The highest BCUT2D eigenvalue weighted by atomic mass is 79.9. The van der Waals surface area contributed by atoms with Crippen molar-refractivity contribution in [1.82, 2.24) is 4.90 Å². The zero-order valence-corrected chi connectivity index (χ0v) is 11.0. The van der Waals surface area contributed by atoms with E-state index in [2.05, 4.69) is 15.9 Å². The van der Waals surface area contributed by atoms with Crippen LogP contribution in [0.2, 0.25) is 0 Å². The average molecular weight is 304 g/mol. The number of carboxylic acids is 1. The van der Waals surface area contributed by atoms with Crippen LogP contribution in [0.4, 0.5) is 0 Å². The lowest BCUT2D eigenvalue weighted by atomic mass is 10.1. The van der Waals surface area contributed by atoms with Gasteiger partial charge in [-0.3, -0.25) is 9.69 Å². The minimum absolute atomic E-state index is 0.0775. The summed E-state index contributed by atoms with van der Waals surface area (Å²) < 4.78 is 11.3. The van der Waals surface area contributed by atoms with Crippen LogP contribution in [-0.2, 0) is 9.53 Å². The third kappa shape index (κ3) is 2.70. The van der Waals surface area contributed by atoms with Gasteiger partial charge in [0.2, 0.25) is 0 Å². The second-order valence-electron chi connectivity index (χ2n) is 3.98. The second kappa shape index (κ2) is 5.20. The first kappa shape index (κ1) is 12.6. The summed E-state index contributed by atoms with van der Waals surface area (Å²) in [7, 11) is 0. The number of rotatable bonds is 3. The normalized spacial score (nSPS) is 23.5. The highest BCUT2D eigenvalue weighted by molar-refractivity contribution is 9.10. The smallest absolute Gasteiger partial charge is 0.323 e. The maximum atomic E-state index is 11.1. The van der Waals surface area contributed by atoms with Crippen LogP contribution in [0.5, 0.6) is 0 Å². The van der Waals surface area contributed by atoms with Crippen LogP contribution in [0.3, 0.4) is 0 Å². The number of nitrogens with zero attached hydrogens (tertiary/aromatic N) is 1. The number of carboxylic acid groups (broad SMARTS) is 1. The van der Waals surface area contributed by atoms with Crippen LogP contribution in [0.25, 0.3) is 0 Å². The van der Waals surface area contributed by atoms with E-state index in [1.54, 1.807) is 0 Å². The SMILES string of the molecule is CC(c1ccc(Br)o1)N1CCOCC1C(=O)O. The van der Waals surface area contributed by atoms with Gasteiger partial charge in [0.05, 0.1) is 19.3 Å². The molecule has 0 saturated carbocycles. The van der Waals surface area contributed by atoms with E-state index in [1.807, 2.05) is 24.0 Å². The zero-order valence-electron chi connectivity index (χ0n) is 9.43. The van der Waals surface area contributed by atoms with E-state index in [0.717, 1.165) is 5.76 Å². The van der Waals surface area contributed by atoms with E-state index < -0.39 is 12.0 Å². The molecular weight excluding hydrogens is 290 g/mol. The van der Waals surface area contributed by atoms with Gasteiger partial charge < -0.3 is 14.3 Å². The topological polar surface area (TPSA) is 62.9 Å². The van der Waals surface area contributed by atoms with Crippen LogP contribution in [0.15, 0.2) is 21.2 Å². The van der Waals surface area contributed by atoms with Crippen LogP contribution in [0, 0.1) is 0 Å². The molecule has 2 unspecified atom stereocenters. The molecule has 5 nitrogen and oxygen atoms in total. The fourth-order valence-corrected chi connectivity index (χ4v) is 2.33. The van der Waals surface area contributed by atoms with E-state index in [4.69, 9.17) is 14.3 Å². The lowest BCUT2D eigenvalue weighted by molar-refractivity contribution is -0.151. The molecule has 0 amide bonds. The molecule has 1 aromatic heterocycles. The Balaban J connectivity index is 2.16. The first-order valence-electron chi connectivity index (χ1n) is 5.41. The first-order valence-corrected chi connectivity index (χ1v) is 6.20. The van der Waals surface area contributed by atoms with Gasteiger partial charge in [-0.2, -0.15) is 0 Å². The molecule has 1 saturated heterocycles. The number of furan rings is 1. The predicted octanol–water partition coefficient (Wildman–Crippen LogP) is 1.89. The van der Waals surface area contributed by atoms with Gasteiger partial charge in [0, 0.05) is 6.54 Å². The molecule has 0 radical (unpaired) electrons. The van der Waals surface area contributed by atoms with Gasteiger partial charge in [0.1, 0.15) is 11.8 Å². The largest absolute Gasteiger partial charge is 0.480 e. The Morgan fingerprint density at radius 1 is 1.65 bits per heavy atom. The molecule has 1 N–H and O–H groups in total. The predicted molar refractivity (Wildman–Crippen MR) is 63.8 cm³/mol. The molecule has 2 atom stereocenters. The van der Waals surface area contributed by atoms with E-state index >= 15 is 0 Å². The van der Waals surface area contributed by atoms with Gasteiger partial charge in [-0.1, -0.05) is 0 Å². The van der Waals surface area contributed by atoms with E-state index in [9.17, 15) is 4.79 Å². The maximum Gasteiger partial charge on any atom is 0.323 e. The Morgan fingerprint density at radius 2 is 2.41 bits per heavy atom. The standard InChI is InChI=1S/C11H14BrNO4/c1-7(9-2-3-10(12)17-9)13-4-5-16-6-8(13)11(14)15/h2-3,7-8H,4-6H2,1H3,(H,14,15). The minimum atomic E-state index is -0.859. The Kier molecular flexibility index (Phi) is 3.86. The third-order valence-electron chi connectivity index (χ3n) is 2.96. The molecule has 0 aromatic carbocycles. The van der Waals surface area contributed by atoms with Gasteiger partial charge in [-0.25, -0.2) is 0 Å². The Morgan fingerprint density at radius 3 is 3.00 bits per heavy atom. The van der Waals surface area contributed by atoms with Crippen LogP contribution in [0.1, 0.15) is 18.7 Å². The molecule has 0 aliphatic carbocycles. The van der Waals surface area contributed by atoms with Crippen molar-refractivity contribution >= 4 is 21.9 Å². The molecule has 1 aliphatic rings. The molecule has 0 spiro atoms. The molecule has 1 fully saturated rings. The highest BCUT2D eigenvalue weighted by Crippen LogP contribution is 2.27. The molecule has 1 aromatic rings. The molecule has 94 valence electrons. The molecule has 0 bridgehead atoms. The molecule has 6 heteroatoms. The first-order chi connectivity index (χ1) is 8.09. The number of halogens is 1. The van der Waals surface area contributed by atoms with E-state index in [1.165, 1.54) is 0 Å². The van der Waals surface area contributed by atoms with Crippen molar-refractivity contribution in [3.63, 3.8) is 0 Å². The summed E-state index contributed by atoms with van der Waals surface area (Å²) in [5, 5.41) is 9.15. The lowest BCUT2D eigenvalue weighted by Crippen LogP contribution is -2.50. The van der Waals surface area contributed by atoms with Crippen molar-refractivity contribution in [2.24, 2.45) is 0 Å². The Bertz CT molecular complexity index is 406. The van der Waals surface area contributed by atoms with Crippen LogP contribution >= 0.6 is 15.9 Å². The van der Waals surface area contributed by atoms with Crippen molar-refractivity contribution in [3.05, 3.63) is 22.6 Å². The molecule has 2 heterocycles. The summed E-state index contributed by atoms with van der Waals surface area (Å²) in [6.45, 7) is 3.31. The van der Waals surface area contributed by atoms with Gasteiger partial charge >= 0.3 is 5.97 Å². The number of ether oxygens (including phenoxy) is 1.